The number of carbonyl (C=O) groups is 2. The third-order valence-electron chi connectivity index (χ3n) is 3.78. The molecule has 0 aromatic heterocycles. The van der Waals surface area contributed by atoms with Gasteiger partial charge in [0, 0.05) is 5.56 Å². The molecule has 0 aliphatic carbocycles. The Hall–Kier alpha value is -2.82. The first kappa shape index (κ1) is 18.5. The van der Waals surface area contributed by atoms with Crippen LogP contribution in [0.4, 0.5) is 0 Å². The van der Waals surface area contributed by atoms with Crippen molar-refractivity contribution >= 4 is 11.8 Å². The predicted molar refractivity (Wildman–Crippen MR) is 97.4 cm³/mol. The van der Waals surface area contributed by atoms with Crippen LogP contribution in [-0.4, -0.2) is 18.4 Å². The second-order valence-corrected chi connectivity index (χ2v) is 6.88. The van der Waals surface area contributed by atoms with Crippen LogP contribution in [0.2, 0.25) is 0 Å². The molecule has 2 amide bonds. The summed E-state index contributed by atoms with van der Waals surface area (Å²) in [6.45, 7) is 8.05. The lowest BCUT2D eigenvalue weighted by atomic mass is 9.87. The van der Waals surface area contributed by atoms with E-state index in [1.165, 1.54) is 0 Å². The van der Waals surface area contributed by atoms with Gasteiger partial charge in [-0.1, -0.05) is 51.1 Å². The minimum absolute atomic E-state index is 0.0239. The molecule has 0 heterocycles. The van der Waals surface area contributed by atoms with Crippen LogP contribution < -0.4 is 15.6 Å². The number of nitrogens with one attached hydrogen (secondary N) is 2. The van der Waals surface area contributed by atoms with Crippen LogP contribution in [0, 0.1) is 6.92 Å². The molecule has 0 saturated heterocycles. The van der Waals surface area contributed by atoms with Crippen molar-refractivity contribution in [2.45, 2.75) is 33.1 Å². The Balaban J connectivity index is 1.83. The predicted octanol–water partition coefficient (Wildman–Crippen LogP) is 3.13. The molecule has 0 radical (unpaired) electrons. The van der Waals surface area contributed by atoms with Gasteiger partial charge < -0.3 is 4.74 Å². The molecule has 0 atom stereocenters. The highest BCUT2D eigenvalue weighted by molar-refractivity contribution is 5.95. The number of hydrogen-bond donors (Lipinski definition) is 2. The molecule has 2 aromatic rings. The van der Waals surface area contributed by atoms with Crippen molar-refractivity contribution in [3.8, 4) is 5.75 Å². The van der Waals surface area contributed by atoms with E-state index in [1.54, 1.807) is 18.2 Å². The monoisotopic (exact) mass is 340 g/mol. The van der Waals surface area contributed by atoms with Gasteiger partial charge in [-0.25, -0.2) is 0 Å². The molecule has 2 rings (SSSR count). The number of hydrogen-bond acceptors (Lipinski definition) is 3. The van der Waals surface area contributed by atoms with Gasteiger partial charge in [-0.15, -0.1) is 0 Å². The minimum atomic E-state index is -0.428. The lowest BCUT2D eigenvalue weighted by molar-refractivity contribution is -0.123. The fourth-order valence-electron chi connectivity index (χ4n) is 2.22. The lowest BCUT2D eigenvalue weighted by Crippen LogP contribution is -2.43. The highest BCUT2D eigenvalue weighted by Crippen LogP contribution is 2.22. The molecule has 5 heteroatoms. The molecule has 0 aliphatic heterocycles. The van der Waals surface area contributed by atoms with E-state index in [2.05, 4.69) is 31.6 Å². The molecule has 0 unspecified atom stereocenters. The summed E-state index contributed by atoms with van der Waals surface area (Å²) in [6, 6.07) is 14.7. The third kappa shape index (κ3) is 5.35. The van der Waals surface area contributed by atoms with Gasteiger partial charge in [0.05, 0.1) is 0 Å². The average molecular weight is 340 g/mol. The van der Waals surface area contributed by atoms with Crippen LogP contribution in [0.25, 0.3) is 0 Å². The number of ether oxygens (including phenoxy) is 1. The summed E-state index contributed by atoms with van der Waals surface area (Å²) in [5, 5.41) is 0. The van der Waals surface area contributed by atoms with Gasteiger partial charge in [0.15, 0.2) is 6.61 Å². The summed E-state index contributed by atoms with van der Waals surface area (Å²) in [6.07, 6.45) is 0. The first-order valence-corrected chi connectivity index (χ1v) is 8.15. The Morgan fingerprint density at radius 1 is 0.960 bits per heavy atom. The number of benzene rings is 2. The fraction of sp³-hybridized carbons (Fsp3) is 0.300. The van der Waals surface area contributed by atoms with E-state index in [4.69, 9.17) is 4.74 Å². The van der Waals surface area contributed by atoms with Crippen molar-refractivity contribution in [3.63, 3.8) is 0 Å². The maximum Gasteiger partial charge on any atom is 0.276 e. The molecule has 0 aliphatic rings. The van der Waals surface area contributed by atoms with Crippen molar-refractivity contribution in [1.82, 2.24) is 10.9 Å². The molecule has 5 nitrogen and oxygen atoms in total. The second-order valence-electron chi connectivity index (χ2n) is 6.88. The van der Waals surface area contributed by atoms with Gasteiger partial charge >= 0.3 is 0 Å². The summed E-state index contributed by atoms with van der Waals surface area (Å²) < 4.78 is 5.43. The van der Waals surface area contributed by atoms with Crippen molar-refractivity contribution in [2.24, 2.45) is 0 Å². The van der Waals surface area contributed by atoms with Gasteiger partial charge in [-0.3, -0.25) is 20.4 Å². The largest absolute Gasteiger partial charge is 0.483 e. The minimum Gasteiger partial charge on any atom is -0.483 e. The van der Waals surface area contributed by atoms with Crippen LogP contribution >= 0.6 is 0 Å². The van der Waals surface area contributed by atoms with E-state index in [1.807, 2.05) is 37.3 Å². The van der Waals surface area contributed by atoms with Crippen LogP contribution in [0.3, 0.4) is 0 Å². The normalized spacial score (nSPS) is 10.9. The Kier molecular flexibility index (Phi) is 5.80. The van der Waals surface area contributed by atoms with Crippen LogP contribution in [-0.2, 0) is 10.2 Å². The van der Waals surface area contributed by atoms with E-state index in [9.17, 15) is 9.59 Å². The Bertz CT molecular complexity index is 746. The maximum atomic E-state index is 12.1. The first-order chi connectivity index (χ1) is 11.8. The number of hydrazine groups is 1. The van der Waals surface area contributed by atoms with E-state index in [0.717, 1.165) is 11.1 Å². The highest BCUT2D eigenvalue weighted by Gasteiger charge is 2.14. The maximum absolute atomic E-state index is 12.1. The number of carbonyl (C=O) groups excluding carboxylic acids is 2. The number of amides is 2. The summed E-state index contributed by atoms with van der Waals surface area (Å²) in [5.74, 6) is -0.158. The summed E-state index contributed by atoms with van der Waals surface area (Å²) >= 11 is 0. The first-order valence-electron chi connectivity index (χ1n) is 8.15. The summed E-state index contributed by atoms with van der Waals surface area (Å²) in [5.41, 5.74) is 7.33. The lowest BCUT2D eigenvalue weighted by Gasteiger charge is -2.19. The molecule has 2 N–H and O–H groups in total. The quantitative estimate of drug-likeness (QED) is 0.840. The number of aryl methyl sites for hydroxylation is 1. The van der Waals surface area contributed by atoms with Crippen molar-refractivity contribution in [1.29, 1.82) is 0 Å². The van der Waals surface area contributed by atoms with Crippen molar-refractivity contribution < 1.29 is 14.3 Å². The molecule has 0 spiro atoms. The zero-order valence-corrected chi connectivity index (χ0v) is 15.1. The van der Waals surface area contributed by atoms with Crippen molar-refractivity contribution in [3.05, 3.63) is 65.2 Å². The summed E-state index contributed by atoms with van der Waals surface area (Å²) in [7, 11) is 0. The number of rotatable bonds is 4. The molecular weight excluding hydrogens is 316 g/mol. The summed E-state index contributed by atoms with van der Waals surface area (Å²) in [4.78, 5) is 23.9. The average Bonchev–Trinajstić information content (AvgIpc) is 2.58. The fourth-order valence-corrected chi connectivity index (χ4v) is 2.22. The van der Waals surface area contributed by atoms with Gasteiger partial charge in [-0.05, 0) is 41.7 Å². The Morgan fingerprint density at radius 3 is 2.20 bits per heavy atom. The van der Waals surface area contributed by atoms with E-state index in [-0.39, 0.29) is 17.9 Å². The third-order valence-corrected chi connectivity index (χ3v) is 3.78. The molecule has 25 heavy (non-hydrogen) atoms. The SMILES string of the molecule is Cc1ccccc1OCC(=O)NNC(=O)c1ccc(C(C)(C)C)cc1. The smallest absolute Gasteiger partial charge is 0.276 e. The standard InChI is InChI=1S/C20H24N2O3/c1-14-7-5-6-8-17(14)25-13-18(23)21-22-19(24)15-9-11-16(12-10-15)20(2,3)4/h5-12H,13H2,1-4H3,(H,21,23)(H,22,24). The molecule has 2 aromatic carbocycles. The molecule has 132 valence electrons. The topological polar surface area (TPSA) is 67.4 Å². The molecule has 0 bridgehead atoms. The molecular formula is C20H24N2O3. The van der Waals surface area contributed by atoms with Gasteiger partial charge in [0.1, 0.15) is 5.75 Å². The van der Waals surface area contributed by atoms with Gasteiger partial charge in [0.25, 0.3) is 11.8 Å². The zero-order chi connectivity index (χ0) is 18.4. The highest BCUT2D eigenvalue weighted by atomic mass is 16.5. The molecule has 0 fully saturated rings. The van der Waals surface area contributed by atoms with E-state index in [0.29, 0.717) is 11.3 Å². The van der Waals surface area contributed by atoms with Gasteiger partial charge in [0.2, 0.25) is 0 Å². The number of para-hydroxylation sites is 1. The van der Waals surface area contributed by atoms with Crippen molar-refractivity contribution in [2.75, 3.05) is 6.61 Å². The molecule has 0 saturated carbocycles. The van der Waals surface area contributed by atoms with Crippen LogP contribution in [0.5, 0.6) is 5.75 Å². The van der Waals surface area contributed by atoms with E-state index >= 15 is 0 Å². The Labute approximate surface area is 148 Å². The van der Waals surface area contributed by atoms with Crippen LogP contribution in [0.15, 0.2) is 48.5 Å². The van der Waals surface area contributed by atoms with Gasteiger partial charge in [-0.2, -0.15) is 0 Å². The Morgan fingerprint density at radius 2 is 1.60 bits per heavy atom. The van der Waals surface area contributed by atoms with Crippen LogP contribution in [0.1, 0.15) is 42.3 Å². The second kappa shape index (κ2) is 7.83. The zero-order valence-electron chi connectivity index (χ0n) is 15.1. The van der Waals surface area contributed by atoms with E-state index < -0.39 is 5.91 Å².